The van der Waals surface area contributed by atoms with Gasteiger partial charge in [0.15, 0.2) is 0 Å². The van der Waals surface area contributed by atoms with Gasteiger partial charge in [0, 0.05) is 6.54 Å². The van der Waals surface area contributed by atoms with Crippen molar-refractivity contribution in [3.05, 3.63) is 24.3 Å². The molecule has 5 nitrogen and oxygen atoms in total. The molecule has 0 unspecified atom stereocenters. The topological polar surface area (TPSA) is 78.4 Å². The Hall–Kier alpha value is -1.11. The fourth-order valence-electron chi connectivity index (χ4n) is 1.72. The Bertz CT molecular complexity index is 510. The third-order valence-corrected chi connectivity index (χ3v) is 4.84. The minimum Gasteiger partial charge on any atom is -0.388 e. The van der Waals surface area contributed by atoms with E-state index in [0.717, 1.165) is 0 Å². The minimum atomic E-state index is -3.50. The van der Waals surface area contributed by atoms with Gasteiger partial charge in [0.1, 0.15) is 4.90 Å². The number of aliphatic hydroxyl groups is 1. The number of nitrogens with one attached hydrogen (secondary N) is 2. The number of sulfonamides is 1. The van der Waals surface area contributed by atoms with E-state index in [4.69, 9.17) is 0 Å². The Morgan fingerprint density at radius 1 is 1.21 bits per heavy atom. The molecule has 0 spiro atoms. The van der Waals surface area contributed by atoms with Gasteiger partial charge in [0.2, 0.25) is 10.0 Å². The first-order chi connectivity index (χ1) is 8.88. The second-order valence-electron chi connectivity index (χ2n) is 4.49. The van der Waals surface area contributed by atoms with Crippen LogP contribution in [-0.4, -0.2) is 32.7 Å². The molecule has 1 aromatic carbocycles. The number of hydrogen-bond acceptors (Lipinski definition) is 4. The van der Waals surface area contributed by atoms with Crippen molar-refractivity contribution in [2.24, 2.45) is 0 Å². The number of benzene rings is 1. The van der Waals surface area contributed by atoms with E-state index in [1.54, 1.807) is 18.2 Å². The Kier molecular flexibility index (Phi) is 5.34. The van der Waals surface area contributed by atoms with E-state index < -0.39 is 15.6 Å². The van der Waals surface area contributed by atoms with Crippen LogP contribution in [0.25, 0.3) is 0 Å². The van der Waals surface area contributed by atoms with Gasteiger partial charge in [0.25, 0.3) is 0 Å². The van der Waals surface area contributed by atoms with Crippen molar-refractivity contribution in [2.45, 2.75) is 37.2 Å². The summed E-state index contributed by atoms with van der Waals surface area (Å²) in [6.45, 7) is 4.12. The summed E-state index contributed by atoms with van der Waals surface area (Å²) in [4.78, 5) is 0.187. The third kappa shape index (κ3) is 3.92. The Morgan fingerprint density at radius 2 is 1.79 bits per heavy atom. The summed E-state index contributed by atoms with van der Waals surface area (Å²) in [5, 5.41) is 13.2. The van der Waals surface area contributed by atoms with E-state index in [-0.39, 0.29) is 4.90 Å². The standard InChI is InChI=1S/C13H22N2O3S/c1-4-13(16,5-2)10-15-11-8-6-7-9-12(11)19(17,18)14-3/h6-9,14-16H,4-5,10H2,1-3H3. The van der Waals surface area contributed by atoms with Gasteiger partial charge in [-0.05, 0) is 32.0 Å². The lowest BCUT2D eigenvalue weighted by atomic mass is 9.97. The van der Waals surface area contributed by atoms with Gasteiger partial charge in [-0.2, -0.15) is 0 Å². The van der Waals surface area contributed by atoms with E-state index in [1.807, 2.05) is 13.8 Å². The average molecular weight is 286 g/mol. The zero-order chi connectivity index (χ0) is 14.5. The molecule has 0 amide bonds. The summed E-state index contributed by atoms with van der Waals surface area (Å²) in [6.07, 6.45) is 1.22. The molecule has 0 fully saturated rings. The zero-order valence-electron chi connectivity index (χ0n) is 11.6. The fourth-order valence-corrected chi connectivity index (χ4v) is 2.62. The highest BCUT2D eigenvalue weighted by atomic mass is 32.2. The maximum atomic E-state index is 11.9. The largest absolute Gasteiger partial charge is 0.388 e. The fraction of sp³-hybridized carbons (Fsp3) is 0.538. The highest BCUT2D eigenvalue weighted by Gasteiger charge is 2.23. The van der Waals surface area contributed by atoms with Crippen molar-refractivity contribution >= 4 is 15.7 Å². The zero-order valence-corrected chi connectivity index (χ0v) is 12.4. The SMILES string of the molecule is CCC(O)(CC)CNc1ccccc1S(=O)(=O)NC. The van der Waals surface area contributed by atoms with Crippen molar-refractivity contribution in [3.63, 3.8) is 0 Å². The number of hydrogen-bond donors (Lipinski definition) is 3. The molecule has 0 aliphatic heterocycles. The van der Waals surface area contributed by atoms with Crippen LogP contribution < -0.4 is 10.0 Å². The first kappa shape index (κ1) is 15.9. The molecule has 19 heavy (non-hydrogen) atoms. The number of para-hydroxylation sites is 1. The number of anilines is 1. The monoisotopic (exact) mass is 286 g/mol. The van der Waals surface area contributed by atoms with Crippen LogP contribution in [0.3, 0.4) is 0 Å². The molecule has 0 aliphatic carbocycles. The lowest BCUT2D eigenvalue weighted by Gasteiger charge is -2.26. The minimum absolute atomic E-state index is 0.187. The second kappa shape index (κ2) is 6.36. The third-order valence-electron chi connectivity index (χ3n) is 3.37. The first-order valence-electron chi connectivity index (χ1n) is 6.37. The molecule has 0 aromatic heterocycles. The normalized spacial score (nSPS) is 12.4. The molecule has 1 rings (SSSR count). The van der Waals surface area contributed by atoms with Crippen molar-refractivity contribution in [1.29, 1.82) is 0 Å². The van der Waals surface area contributed by atoms with Gasteiger partial charge in [-0.25, -0.2) is 13.1 Å². The van der Waals surface area contributed by atoms with Crippen LogP contribution in [0.4, 0.5) is 5.69 Å². The van der Waals surface area contributed by atoms with E-state index in [0.29, 0.717) is 25.1 Å². The van der Waals surface area contributed by atoms with Gasteiger partial charge in [-0.3, -0.25) is 0 Å². The second-order valence-corrected chi connectivity index (χ2v) is 6.34. The van der Waals surface area contributed by atoms with Crippen LogP contribution in [0, 0.1) is 0 Å². The van der Waals surface area contributed by atoms with Crippen LogP contribution >= 0.6 is 0 Å². The summed E-state index contributed by atoms with van der Waals surface area (Å²) in [5.74, 6) is 0. The van der Waals surface area contributed by atoms with Crippen molar-refractivity contribution in [2.75, 3.05) is 18.9 Å². The van der Waals surface area contributed by atoms with Crippen molar-refractivity contribution in [1.82, 2.24) is 4.72 Å². The highest BCUT2D eigenvalue weighted by Crippen LogP contribution is 2.22. The summed E-state index contributed by atoms with van der Waals surface area (Å²) in [6, 6.07) is 6.65. The van der Waals surface area contributed by atoms with E-state index in [1.165, 1.54) is 13.1 Å². The van der Waals surface area contributed by atoms with E-state index in [2.05, 4.69) is 10.0 Å². The molecule has 0 radical (unpaired) electrons. The van der Waals surface area contributed by atoms with Gasteiger partial charge >= 0.3 is 0 Å². The van der Waals surface area contributed by atoms with Gasteiger partial charge < -0.3 is 10.4 Å². The van der Waals surface area contributed by atoms with Crippen LogP contribution in [0.5, 0.6) is 0 Å². The molecule has 0 atom stereocenters. The molecule has 3 N–H and O–H groups in total. The molecule has 1 aromatic rings. The lowest BCUT2D eigenvalue weighted by molar-refractivity contribution is 0.0456. The molecule has 0 saturated heterocycles. The highest BCUT2D eigenvalue weighted by molar-refractivity contribution is 7.89. The van der Waals surface area contributed by atoms with Gasteiger partial charge in [0.05, 0.1) is 11.3 Å². The summed E-state index contributed by atoms with van der Waals surface area (Å²) in [5.41, 5.74) is -0.326. The molecule has 6 heteroatoms. The molecular formula is C13H22N2O3S. The van der Waals surface area contributed by atoms with Crippen LogP contribution in [0.15, 0.2) is 29.2 Å². The summed E-state index contributed by atoms with van der Waals surface area (Å²) < 4.78 is 26.0. The molecular weight excluding hydrogens is 264 g/mol. The van der Waals surface area contributed by atoms with Crippen LogP contribution in [-0.2, 0) is 10.0 Å². The summed E-state index contributed by atoms with van der Waals surface area (Å²) >= 11 is 0. The molecule has 108 valence electrons. The predicted molar refractivity (Wildman–Crippen MR) is 76.7 cm³/mol. The molecule has 0 bridgehead atoms. The van der Waals surface area contributed by atoms with Gasteiger partial charge in [-0.15, -0.1) is 0 Å². The maximum Gasteiger partial charge on any atom is 0.242 e. The molecule has 0 heterocycles. The van der Waals surface area contributed by atoms with Gasteiger partial charge in [-0.1, -0.05) is 26.0 Å². The van der Waals surface area contributed by atoms with Crippen LogP contribution in [0.1, 0.15) is 26.7 Å². The maximum absolute atomic E-state index is 11.9. The smallest absolute Gasteiger partial charge is 0.242 e. The van der Waals surface area contributed by atoms with E-state index in [9.17, 15) is 13.5 Å². The Balaban J connectivity index is 2.97. The quantitative estimate of drug-likeness (QED) is 0.711. The van der Waals surface area contributed by atoms with Crippen molar-refractivity contribution < 1.29 is 13.5 Å². The molecule has 0 aliphatic rings. The van der Waals surface area contributed by atoms with E-state index >= 15 is 0 Å². The molecule has 0 saturated carbocycles. The van der Waals surface area contributed by atoms with Crippen molar-refractivity contribution in [3.8, 4) is 0 Å². The van der Waals surface area contributed by atoms with Crippen LogP contribution in [0.2, 0.25) is 0 Å². The first-order valence-corrected chi connectivity index (χ1v) is 7.85. The Labute approximate surface area is 115 Å². The summed E-state index contributed by atoms with van der Waals surface area (Å²) in [7, 11) is -2.13. The Morgan fingerprint density at radius 3 is 2.32 bits per heavy atom. The number of rotatable bonds is 7. The average Bonchev–Trinajstić information content (AvgIpc) is 2.45. The predicted octanol–water partition coefficient (Wildman–Crippen LogP) is 1.56. The lowest BCUT2D eigenvalue weighted by Crippen LogP contribution is -2.35.